The van der Waals surface area contributed by atoms with Crippen molar-refractivity contribution in [2.24, 2.45) is 0 Å². The molecule has 1 amide bonds. The SMILES string of the molecule is Cc1cc([N+](=O)[O-])c(C)cc1NC(=O)CCC(=O)O. The Balaban J connectivity index is 2.85. The maximum absolute atomic E-state index is 11.5. The number of hydrogen-bond acceptors (Lipinski definition) is 4. The number of benzene rings is 1. The Morgan fingerprint density at radius 3 is 2.42 bits per heavy atom. The van der Waals surface area contributed by atoms with Crippen LogP contribution in [0, 0.1) is 24.0 Å². The number of carboxylic acid groups (broad SMARTS) is 1. The van der Waals surface area contributed by atoms with Crippen molar-refractivity contribution in [3.05, 3.63) is 33.4 Å². The van der Waals surface area contributed by atoms with Gasteiger partial charge in [-0.1, -0.05) is 0 Å². The third-order valence-electron chi connectivity index (χ3n) is 2.58. The molecule has 2 N–H and O–H groups in total. The van der Waals surface area contributed by atoms with Crippen molar-refractivity contribution >= 4 is 23.3 Å². The average molecular weight is 266 g/mol. The van der Waals surface area contributed by atoms with Gasteiger partial charge >= 0.3 is 5.97 Å². The summed E-state index contributed by atoms with van der Waals surface area (Å²) >= 11 is 0. The van der Waals surface area contributed by atoms with Crippen LogP contribution < -0.4 is 5.32 Å². The number of nitrogens with one attached hydrogen (secondary N) is 1. The molecule has 1 rings (SSSR count). The summed E-state index contributed by atoms with van der Waals surface area (Å²) in [6.45, 7) is 3.21. The molecule has 0 heterocycles. The summed E-state index contributed by atoms with van der Waals surface area (Å²) in [5.41, 5.74) is 1.43. The van der Waals surface area contributed by atoms with Crippen LogP contribution in [0.25, 0.3) is 0 Å². The Morgan fingerprint density at radius 1 is 1.26 bits per heavy atom. The minimum absolute atomic E-state index is 0.0129. The van der Waals surface area contributed by atoms with E-state index in [1.165, 1.54) is 12.1 Å². The van der Waals surface area contributed by atoms with Crippen molar-refractivity contribution < 1.29 is 19.6 Å². The Hall–Kier alpha value is -2.44. The lowest BCUT2D eigenvalue weighted by atomic mass is 10.1. The van der Waals surface area contributed by atoms with Gasteiger partial charge in [-0.15, -0.1) is 0 Å². The van der Waals surface area contributed by atoms with Crippen LogP contribution in [-0.4, -0.2) is 21.9 Å². The average Bonchev–Trinajstić information content (AvgIpc) is 2.30. The highest BCUT2D eigenvalue weighted by molar-refractivity contribution is 5.93. The number of carbonyl (C=O) groups is 2. The second-order valence-corrected chi connectivity index (χ2v) is 4.15. The lowest BCUT2D eigenvalue weighted by Crippen LogP contribution is -2.14. The van der Waals surface area contributed by atoms with E-state index in [4.69, 9.17) is 5.11 Å². The lowest BCUT2D eigenvalue weighted by molar-refractivity contribution is -0.385. The molecule has 0 atom stereocenters. The van der Waals surface area contributed by atoms with Crippen molar-refractivity contribution in [1.82, 2.24) is 0 Å². The summed E-state index contributed by atoms with van der Waals surface area (Å²) in [5.74, 6) is -1.48. The Kier molecular flexibility index (Phi) is 4.57. The van der Waals surface area contributed by atoms with Gasteiger partial charge in [0, 0.05) is 23.7 Å². The highest BCUT2D eigenvalue weighted by atomic mass is 16.6. The van der Waals surface area contributed by atoms with E-state index in [-0.39, 0.29) is 18.5 Å². The number of aryl methyl sites for hydroxylation is 2. The van der Waals surface area contributed by atoms with Gasteiger partial charge in [0.15, 0.2) is 0 Å². The Morgan fingerprint density at radius 2 is 1.89 bits per heavy atom. The van der Waals surface area contributed by atoms with Crippen molar-refractivity contribution in [2.45, 2.75) is 26.7 Å². The number of nitrogens with zero attached hydrogens (tertiary/aromatic N) is 1. The van der Waals surface area contributed by atoms with E-state index in [0.29, 0.717) is 16.8 Å². The van der Waals surface area contributed by atoms with E-state index in [9.17, 15) is 19.7 Å². The van der Waals surface area contributed by atoms with E-state index in [1.54, 1.807) is 13.8 Å². The number of carboxylic acids is 1. The topological polar surface area (TPSA) is 110 Å². The van der Waals surface area contributed by atoms with Crippen LogP contribution in [0.15, 0.2) is 12.1 Å². The fraction of sp³-hybridized carbons (Fsp3) is 0.333. The first-order chi connectivity index (χ1) is 8.81. The van der Waals surface area contributed by atoms with Crippen LogP contribution in [0.5, 0.6) is 0 Å². The second kappa shape index (κ2) is 5.94. The van der Waals surface area contributed by atoms with E-state index in [2.05, 4.69) is 5.32 Å². The Labute approximate surface area is 109 Å². The van der Waals surface area contributed by atoms with Crippen LogP contribution in [0.4, 0.5) is 11.4 Å². The summed E-state index contributed by atoms with van der Waals surface area (Å²) in [5, 5.41) is 21.8. The number of nitro benzene ring substituents is 1. The molecule has 0 saturated carbocycles. The normalized spacial score (nSPS) is 10.0. The summed E-state index contributed by atoms with van der Waals surface area (Å²) < 4.78 is 0. The van der Waals surface area contributed by atoms with Gasteiger partial charge in [0.05, 0.1) is 11.3 Å². The minimum atomic E-state index is -1.05. The smallest absolute Gasteiger partial charge is 0.303 e. The fourth-order valence-corrected chi connectivity index (χ4v) is 1.57. The number of amides is 1. The first kappa shape index (κ1) is 14.6. The van der Waals surface area contributed by atoms with Crippen LogP contribution >= 0.6 is 0 Å². The zero-order chi connectivity index (χ0) is 14.6. The van der Waals surface area contributed by atoms with Gasteiger partial charge in [0.2, 0.25) is 5.91 Å². The first-order valence-corrected chi connectivity index (χ1v) is 5.58. The molecule has 0 aliphatic heterocycles. The zero-order valence-corrected chi connectivity index (χ0v) is 10.6. The van der Waals surface area contributed by atoms with Gasteiger partial charge in [-0.05, 0) is 25.5 Å². The van der Waals surface area contributed by atoms with Crippen molar-refractivity contribution in [2.75, 3.05) is 5.32 Å². The highest BCUT2D eigenvalue weighted by Crippen LogP contribution is 2.26. The monoisotopic (exact) mass is 266 g/mol. The number of nitro groups is 1. The molecule has 0 spiro atoms. The summed E-state index contributed by atoms with van der Waals surface area (Å²) in [6.07, 6.45) is -0.387. The molecule has 0 fully saturated rings. The van der Waals surface area contributed by atoms with Gasteiger partial charge in [0.25, 0.3) is 5.69 Å². The lowest BCUT2D eigenvalue weighted by Gasteiger charge is -2.09. The van der Waals surface area contributed by atoms with Crippen molar-refractivity contribution in [3.63, 3.8) is 0 Å². The third kappa shape index (κ3) is 4.06. The van der Waals surface area contributed by atoms with E-state index >= 15 is 0 Å². The maximum atomic E-state index is 11.5. The van der Waals surface area contributed by atoms with E-state index < -0.39 is 16.8 Å². The van der Waals surface area contributed by atoms with Crippen LogP contribution in [-0.2, 0) is 9.59 Å². The van der Waals surface area contributed by atoms with Crippen LogP contribution in [0.1, 0.15) is 24.0 Å². The molecule has 19 heavy (non-hydrogen) atoms. The van der Waals surface area contributed by atoms with E-state index in [0.717, 1.165) is 0 Å². The highest BCUT2D eigenvalue weighted by Gasteiger charge is 2.14. The third-order valence-corrected chi connectivity index (χ3v) is 2.58. The van der Waals surface area contributed by atoms with Gasteiger partial charge < -0.3 is 10.4 Å². The Bertz CT molecular complexity index is 539. The predicted octanol–water partition coefficient (Wildman–Crippen LogP) is 2.01. The summed E-state index contributed by atoms with van der Waals surface area (Å²) in [6, 6.07) is 2.88. The van der Waals surface area contributed by atoms with Gasteiger partial charge in [0.1, 0.15) is 0 Å². The number of hydrogen-bond donors (Lipinski definition) is 2. The molecule has 0 radical (unpaired) electrons. The molecule has 1 aromatic carbocycles. The number of carbonyl (C=O) groups excluding carboxylic acids is 1. The number of rotatable bonds is 5. The van der Waals surface area contributed by atoms with Crippen molar-refractivity contribution in [1.29, 1.82) is 0 Å². The fourth-order valence-electron chi connectivity index (χ4n) is 1.57. The number of aliphatic carboxylic acids is 1. The van der Waals surface area contributed by atoms with Crippen LogP contribution in [0.3, 0.4) is 0 Å². The molecule has 7 nitrogen and oxygen atoms in total. The predicted molar refractivity (Wildman–Crippen MR) is 68.1 cm³/mol. The molecule has 0 saturated heterocycles. The number of anilines is 1. The molecule has 0 aliphatic carbocycles. The van der Waals surface area contributed by atoms with E-state index in [1.807, 2.05) is 0 Å². The minimum Gasteiger partial charge on any atom is -0.481 e. The molecule has 102 valence electrons. The molecule has 0 aromatic heterocycles. The quantitative estimate of drug-likeness (QED) is 0.625. The van der Waals surface area contributed by atoms with Gasteiger partial charge in [-0.2, -0.15) is 0 Å². The maximum Gasteiger partial charge on any atom is 0.303 e. The molecular formula is C12H14N2O5. The molecule has 0 unspecified atom stereocenters. The molecular weight excluding hydrogens is 252 g/mol. The molecule has 1 aromatic rings. The van der Waals surface area contributed by atoms with Crippen molar-refractivity contribution in [3.8, 4) is 0 Å². The van der Waals surface area contributed by atoms with Gasteiger partial charge in [-0.25, -0.2) is 0 Å². The largest absolute Gasteiger partial charge is 0.481 e. The van der Waals surface area contributed by atoms with Gasteiger partial charge in [-0.3, -0.25) is 19.7 Å². The summed E-state index contributed by atoms with van der Waals surface area (Å²) in [4.78, 5) is 32.1. The zero-order valence-electron chi connectivity index (χ0n) is 10.6. The second-order valence-electron chi connectivity index (χ2n) is 4.15. The molecule has 0 bridgehead atoms. The first-order valence-electron chi connectivity index (χ1n) is 5.58. The molecule has 7 heteroatoms. The molecule has 0 aliphatic rings. The van der Waals surface area contributed by atoms with Crippen LogP contribution in [0.2, 0.25) is 0 Å². The standard InChI is InChI=1S/C12H14N2O5/c1-7-6-10(14(18)19)8(2)5-9(7)13-11(15)3-4-12(16)17/h5-6H,3-4H2,1-2H3,(H,13,15)(H,16,17). The summed E-state index contributed by atoms with van der Waals surface area (Å²) in [7, 11) is 0.